The summed E-state index contributed by atoms with van der Waals surface area (Å²) in [5.41, 5.74) is 0.989. The van der Waals surface area contributed by atoms with Crippen LogP contribution in [0, 0.1) is 11.8 Å². The Morgan fingerprint density at radius 1 is 1.15 bits per heavy atom. The van der Waals surface area contributed by atoms with Crippen molar-refractivity contribution in [1.29, 1.82) is 0 Å². The molecule has 4 aliphatic rings. The van der Waals surface area contributed by atoms with Gasteiger partial charge in [0.05, 0.1) is 35.8 Å². The number of carbonyl (C=O) groups excluding carboxylic acids is 3. The zero-order chi connectivity index (χ0) is 28.3. The number of aliphatic hydroxyl groups is 1. The molecular weight excluding hydrogens is 524 g/mol. The number of ether oxygens (including phenoxy) is 1. The highest BCUT2D eigenvalue weighted by Gasteiger charge is 2.75. The molecular formula is C32H42N2O5S. The minimum absolute atomic E-state index is 0.0492. The average molecular weight is 567 g/mol. The second-order valence-corrected chi connectivity index (χ2v) is 13.2. The molecule has 2 amide bonds. The SMILES string of the molecule is C=CCCOC(=O)[C@@H]1[C@H]2C(=O)N([C@@H](CO)Cc3ccccc3)C(C(=O)N(CC=C)C3CCCCC3)C23CC[C@H]1S3. The highest BCUT2D eigenvalue weighted by molar-refractivity contribution is 8.02. The van der Waals surface area contributed by atoms with Gasteiger partial charge >= 0.3 is 5.97 Å². The molecule has 2 unspecified atom stereocenters. The maximum Gasteiger partial charge on any atom is 0.310 e. The third-order valence-corrected chi connectivity index (χ3v) is 11.3. The summed E-state index contributed by atoms with van der Waals surface area (Å²) in [5.74, 6) is -1.84. The third kappa shape index (κ3) is 5.13. The van der Waals surface area contributed by atoms with E-state index in [0.717, 1.165) is 37.7 Å². The molecule has 0 radical (unpaired) electrons. The fourth-order valence-electron chi connectivity index (χ4n) is 7.62. The number of fused-ring (bicyclic) bond motifs is 1. The minimum Gasteiger partial charge on any atom is -0.465 e. The molecule has 0 aromatic heterocycles. The molecule has 7 nitrogen and oxygen atoms in total. The Morgan fingerprint density at radius 3 is 2.58 bits per heavy atom. The van der Waals surface area contributed by atoms with Crippen LogP contribution in [0.3, 0.4) is 0 Å². The first-order valence-corrected chi connectivity index (χ1v) is 15.7. The van der Waals surface area contributed by atoms with Crippen LogP contribution in [-0.2, 0) is 25.5 Å². The lowest BCUT2D eigenvalue weighted by Gasteiger charge is -2.42. The van der Waals surface area contributed by atoms with Gasteiger partial charge in [-0.25, -0.2) is 0 Å². The summed E-state index contributed by atoms with van der Waals surface area (Å²) in [6.07, 6.45) is 11.1. The Kier molecular flexibility index (Phi) is 9.05. The predicted octanol–water partition coefficient (Wildman–Crippen LogP) is 4.15. The van der Waals surface area contributed by atoms with Crippen LogP contribution in [-0.4, -0.2) is 80.6 Å². The molecule has 1 saturated carbocycles. The molecule has 1 aromatic carbocycles. The van der Waals surface area contributed by atoms with E-state index < -0.39 is 28.7 Å². The number of amides is 2. The second-order valence-electron chi connectivity index (χ2n) is 11.6. The predicted molar refractivity (Wildman–Crippen MR) is 157 cm³/mol. The first-order chi connectivity index (χ1) is 19.5. The summed E-state index contributed by atoms with van der Waals surface area (Å²) >= 11 is 1.65. The molecule has 2 bridgehead atoms. The molecule has 1 spiro atoms. The van der Waals surface area contributed by atoms with Crippen LogP contribution in [0.25, 0.3) is 0 Å². The van der Waals surface area contributed by atoms with Crippen molar-refractivity contribution in [3.05, 3.63) is 61.2 Å². The van der Waals surface area contributed by atoms with Crippen molar-refractivity contribution in [2.24, 2.45) is 11.8 Å². The number of hydrogen-bond acceptors (Lipinski definition) is 6. The van der Waals surface area contributed by atoms with Crippen molar-refractivity contribution in [2.75, 3.05) is 19.8 Å². The van der Waals surface area contributed by atoms with Crippen molar-refractivity contribution >= 4 is 29.5 Å². The summed E-state index contributed by atoms with van der Waals surface area (Å²) in [6, 6.07) is 8.56. The van der Waals surface area contributed by atoms with Crippen molar-refractivity contribution in [1.82, 2.24) is 9.80 Å². The summed E-state index contributed by atoms with van der Waals surface area (Å²) in [4.78, 5) is 46.2. The van der Waals surface area contributed by atoms with Gasteiger partial charge in [-0.15, -0.1) is 24.9 Å². The average Bonchev–Trinajstić information content (AvgIpc) is 3.63. The van der Waals surface area contributed by atoms with E-state index in [-0.39, 0.29) is 42.3 Å². The molecule has 4 fully saturated rings. The van der Waals surface area contributed by atoms with Gasteiger partial charge in [-0.05, 0) is 44.1 Å². The van der Waals surface area contributed by atoms with Crippen LogP contribution < -0.4 is 0 Å². The molecule has 1 aromatic rings. The number of carbonyl (C=O) groups is 3. The van der Waals surface area contributed by atoms with E-state index in [1.54, 1.807) is 28.8 Å². The Labute approximate surface area is 242 Å². The van der Waals surface area contributed by atoms with E-state index >= 15 is 0 Å². The van der Waals surface area contributed by atoms with Crippen LogP contribution in [0.4, 0.5) is 0 Å². The van der Waals surface area contributed by atoms with Gasteiger partial charge in [-0.3, -0.25) is 14.4 Å². The molecule has 3 heterocycles. The smallest absolute Gasteiger partial charge is 0.310 e. The maximum absolute atomic E-state index is 14.7. The number of benzene rings is 1. The topological polar surface area (TPSA) is 87.1 Å². The molecule has 1 N–H and O–H groups in total. The van der Waals surface area contributed by atoms with Gasteiger partial charge in [-0.1, -0.05) is 61.7 Å². The third-order valence-electron chi connectivity index (χ3n) is 9.35. The monoisotopic (exact) mass is 566 g/mol. The Balaban J connectivity index is 1.53. The summed E-state index contributed by atoms with van der Waals surface area (Å²) in [7, 11) is 0. The van der Waals surface area contributed by atoms with Crippen LogP contribution >= 0.6 is 11.8 Å². The fourth-order valence-corrected chi connectivity index (χ4v) is 9.80. The van der Waals surface area contributed by atoms with Crippen LogP contribution in [0.2, 0.25) is 0 Å². The van der Waals surface area contributed by atoms with Crippen LogP contribution in [0.1, 0.15) is 56.9 Å². The summed E-state index contributed by atoms with van der Waals surface area (Å²) < 4.78 is 4.91. The van der Waals surface area contributed by atoms with E-state index in [4.69, 9.17) is 4.74 Å². The van der Waals surface area contributed by atoms with Crippen LogP contribution in [0.15, 0.2) is 55.6 Å². The minimum atomic E-state index is -0.742. The largest absolute Gasteiger partial charge is 0.465 e. The summed E-state index contributed by atoms with van der Waals surface area (Å²) in [6.45, 7) is 8.04. The zero-order valence-corrected chi connectivity index (χ0v) is 24.1. The lowest BCUT2D eigenvalue weighted by molar-refractivity contribution is -0.154. The van der Waals surface area contributed by atoms with E-state index in [1.165, 1.54) is 6.42 Å². The van der Waals surface area contributed by atoms with E-state index in [2.05, 4.69) is 13.2 Å². The molecule has 216 valence electrons. The highest BCUT2D eigenvalue weighted by atomic mass is 32.2. The maximum atomic E-state index is 14.7. The van der Waals surface area contributed by atoms with Gasteiger partial charge in [0, 0.05) is 17.8 Å². The number of esters is 1. The number of nitrogens with zero attached hydrogens (tertiary/aromatic N) is 2. The molecule has 3 aliphatic heterocycles. The Morgan fingerprint density at radius 2 is 1.90 bits per heavy atom. The Bertz CT molecular complexity index is 1110. The van der Waals surface area contributed by atoms with Crippen molar-refractivity contribution in [3.63, 3.8) is 0 Å². The molecule has 5 rings (SSSR count). The molecule has 3 saturated heterocycles. The lowest BCUT2D eigenvalue weighted by Crippen LogP contribution is -2.59. The van der Waals surface area contributed by atoms with Gasteiger partial charge in [0.25, 0.3) is 0 Å². The van der Waals surface area contributed by atoms with Crippen LogP contribution in [0.5, 0.6) is 0 Å². The second kappa shape index (κ2) is 12.5. The molecule has 1 aliphatic carbocycles. The van der Waals surface area contributed by atoms with E-state index in [1.807, 2.05) is 35.2 Å². The van der Waals surface area contributed by atoms with Gasteiger partial charge < -0.3 is 19.6 Å². The Hall–Kier alpha value is -2.58. The highest BCUT2D eigenvalue weighted by Crippen LogP contribution is 2.67. The molecule has 6 atom stereocenters. The molecule has 8 heteroatoms. The van der Waals surface area contributed by atoms with E-state index in [9.17, 15) is 19.5 Å². The van der Waals surface area contributed by atoms with E-state index in [0.29, 0.717) is 25.8 Å². The number of likely N-dealkylation sites (tertiary alicyclic amines) is 1. The number of rotatable bonds is 12. The first-order valence-electron chi connectivity index (χ1n) is 14.8. The van der Waals surface area contributed by atoms with Gasteiger partial charge in [0.15, 0.2) is 0 Å². The number of aliphatic hydroxyl groups excluding tert-OH is 1. The quantitative estimate of drug-likeness (QED) is 0.232. The number of thioether (sulfide) groups is 1. The van der Waals surface area contributed by atoms with Gasteiger partial charge in [0.2, 0.25) is 11.8 Å². The first kappa shape index (κ1) is 28.9. The van der Waals surface area contributed by atoms with Crippen molar-refractivity contribution in [2.45, 2.75) is 85.9 Å². The van der Waals surface area contributed by atoms with Crippen molar-refractivity contribution in [3.8, 4) is 0 Å². The standard InChI is InChI=1S/C32H42N2O5S/c1-3-5-19-39-31(38)26-25-16-17-32(40-25)27(26)29(36)34(24(21-35)20-22-12-8-6-9-13-22)28(32)30(37)33(18-4-2)23-14-10-7-11-15-23/h3-4,6,8-9,12-13,23-28,35H,1-2,5,7,10-11,14-21H2/t24-,25-,26+,27+,28?,32?/m1/s1. The molecule has 40 heavy (non-hydrogen) atoms. The fraction of sp³-hybridized carbons (Fsp3) is 0.594. The summed E-state index contributed by atoms with van der Waals surface area (Å²) in [5, 5.41) is 10.6. The zero-order valence-electron chi connectivity index (χ0n) is 23.3. The van der Waals surface area contributed by atoms with Gasteiger partial charge in [-0.2, -0.15) is 0 Å². The lowest BCUT2D eigenvalue weighted by atomic mass is 9.71. The number of hydrogen-bond donors (Lipinski definition) is 1. The van der Waals surface area contributed by atoms with Gasteiger partial charge in [0.1, 0.15) is 6.04 Å². The van der Waals surface area contributed by atoms with Crippen molar-refractivity contribution < 1.29 is 24.2 Å². The normalized spacial score (nSPS) is 30.1.